The van der Waals surface area contributed by atoms with Crippen molar-refractivity contribution < 1.29 is 19.4 Å². The summed E-state index contributed by atoms with van der Waals surface area (Å²) in [6.07, 6.45) is 3.83. The van der Waals surface area contributed by atoms with E-state index in [9.17, 15) is 14.7 Å². The summed E-state index contributed by atoms with van der Waals surface area (Å²) in [4.78, 5) is 32.7. The van der Waals surface area contributed by atoms with Crippen LogP contribution in [0.4, 0.5) is 5.69 Å². The molecular formula is C27H29Cl2N3O4. The van der Waals surface area contributed by atoms with E-state index in [4.69, 9.17) is 34.5 Å². The van der Waals surface area contributed by atoms with Gasteiger partial charge >= 0.3 is 0 Å². The first-order valence-corrected chi connectivity index (χ1v) is 12.6. The number of carbonyl (C=O) groups excluding carboxylic acids is 2. The Hall–Kier alpha value is -2.76. The first kappa shape index (κ1) is 27.8. The van der Waals surface area contributed by atoms with Crippen molar-refractivity contribution in [3.63, 3.8) is 0 Å². The summed E-state index contributed by atoms with van der Waals surface area (Å²) < 4.78 is 7.65. The summed E-state index contributed by atoms with van der Waals surface area (Å²) in [6, 6.07) is 9.21. The highest BCUT2D eigenvalue weighted by atomic mass is 35.5. The Balaban J connectivity index is 1.79. The van der Waals surface area contributed by atoms with Gasteiger partial charge in [-0.15, -0.1) is 0 Å². The summed E-state index contributed by atoms with van der Waals surface area (Å²) in [6.45, 7) is 10.3. The molecule has 9 heteroatoms. The lowest BCUT2D eigenvalue weighted by Gasteiger charge is -2.12. The third-order valence-corrected chi connectivity index (χ3v) is 6.27. The molecule has 0 bridgehead atoms. The van der Waals surface area contributed by atoms with Crippen LogP contribution in [0.2, 0.25) is 5.02 Å². The molecular weight excluding hydrogens is 501 g/mol. The minimum absolute atomic E-state index is 0.105. The lowest BCUT2D eigenvalue weighted by Crippen LogP contribution is -2.13. The highest BCUT2D eigenvalue weighted by Crippen LogP contribution is 2.31. The van der Waals surface area contributed by atoms with E-state index in [1.54, 1.807) is 6.07 Å². The molecule has 190 valence electrons. The number of benzene rings is 1. The molecule has 0 saturated carbocycles. The SMILES string of the molecule is [C-]#[N+]c1cnc2c(c1)c(C(=O)C[C@@H](C)CC(=O)Cl)c(CCCCOCc1cccc(Cl)c1)n2CCO. The standard InChI is InChI=1S/C27H29Cl2N3O4/c1-18(13-25(29)35)12-24(34)26-22-15-21(30-2)16-31-27(22)32(9-10-33)23(26)8-3-4-11-36-17-19-6-5-7-20(28)14-19/h5-7,14-16,18,33H,3-4,8-13,17H2,1H3/t18-/m1/s1. The van der Waals surface area contributed by atoms with Crippen molar-refractivity contribution >= 4 is 50.9 Å². The summed E-state index contributed by atoms with van der Waals surface area (Å²) in [5.74, 6) is -0.346. The molecule has 1 aromatic carbocycles. The third-order valence-electron chi connectivity index (χ3n) is 5.88. The van der Waals surface area contributed by atoms with Crippen LogP contribution < -0.4 is 0 Å². The molecule has 1 N–H and O–H groups in total. The molecule has 3 rings (SSSR count). The number of pyridine rings is 1. The maximum atomic E-state index is 13.4. The van der Waals surface area contributed by atoms with Crippen LogP contribution >= 0.6 is 23.2 Å². The fourth-order valence-corrected chi connectivity index (χ4v) is 4.79. The van der Waals surface area contributed by atoms with Gasteiger partial charge in [0.2, 0.25) is 10.9 Å². The Morgan fingerprint density at radius 1 is 1.25 bits per heavy atom. The van der Waals surface area contributed by atoms with E-state index in [0.717, 1.165) is 24.1 Å². The van der Waals surface area contributed by atoms with Crippen molar-refractivity contribution in [2.75, 3.05) is 13.2 Å². The number of aromatic nitrogens is 2. The number of aliphatic hydroxyl groups excluding tert-OH is 1. The van der Waals surface area contributed by atoms with E-state index in [1.807, 2.05) is 35.8 Å². The lowest BCUT2D eigenvalue weighted by molar-refractivity contribution is -0.112. The van der Waals surface area contributed by atoms with Crippen molar-refractivity contribution in [1.82, 2.24) is 9.55 Å². The number of halogens is 2. The second-order valence-electron chi connectivity index (χ2n) is 8.80. The Bertz CT molecular complexity index is 1270. The van der Waals surface area contributed by atoms with Gasteiger partial charge in [0, 0.05) is 53.9 Å². The van der Waals surface area contributed by atoms with Crippen molar-refractivity contribution in [2.24, 2.45) is 5.92 Å². The monoisotopic (exact) mass is 529 g/mol. The number of ketones is 1. The summed E-state index contributed by atoms with van der Waals surface area (Å²) >= 11 is 11.5. The van der Waals surface area contributed by atoms with Crippen molar-refractivity contribution in [3.8, 4) is 0 Å². The fourth-order valence-electron chi connectivity index (χ4n) is 4.31. The van der Waals surface area contributed by atoms with Crippen LogP contribution in [0.1, 0.15) is 54.2 Å². The molecule has 0 aliphatic heterocycles. The van der Waals surface area contributed by atoms with Gasteiger partial charge in [0.1, 0.15) is 5.65 Å². The van der Waals surface area contributed by atoms with Gasteiger partial charge in [0.05, 0.1) is 19.8 Å². The lowest BCUT2D eigenvalue weighted by atomic mass is 9.95. The van der Waals surface area contributed by atoms with Crippen LogP contribution in [-0.2, 0) is 29.1 Å². The van der Waals surface area contributed by atoms with Gasteiger partial charge in [-0.1, -0.05) is 30.7 Å². The van der Waals surface area contributed by atoms with Gasteiger partial charge in [-0.05, 0) is 60.5 Å². The zero-order chi connectivity index (χ0) is 26.1. The maximum Gasteiger partial charge on any atom is 0.221 e. The first-order valence-electron chi connectivity index (χ1n) is 11.9. The van der Waals surface area contributed by atoms with E-state index < -0.39 is 5.24 Å². The number of fused-ring (bicyclic) bond motifs is 1. The number of carbonyl (C=O) groups is 2. The van der Waals surface area contributed by atoms with Crippen molar-refractivity contribution in [2.45, 2.75) is 52.2 Å². The van der Waals surface area contributed by atoms with Gasteiger partial charge in [0.15, 0.2) is 5.78 Å². The number of nitrogens with zero attached hydrogens (tertiary/aromatic N) is 3. The minimum atomic E-state index is -0.479. The van der Waals surface area contributed by atoms with Gasteiger partial charge in [0.25, 0.3) is 0 Å². The molecule has 36 heavy (non-hydrogen) atoms. The average molecular weight is 530 g/mol. The van der Waals surface area contributed by atoms with Gasteiger partial charge in [-0.3, -0.25) is 9.59 Å². The molecule has 0 saturated heterocycles. The number of ether oxygens (including phenoxy) is 1. The van der Waals surface area contributed by atoms with E-state index in [-0.39, 0.29) is 37.7 Å². The van der Waals surface area contributed by atoms with Crippen LogP contribution in [0.15, 0.2) is 36.5 Å². The van der Waals surface area contributed by atoms with Crippen LogP contribution in [0.25, 0.3) is 15.9 Å². The predicted molar refractivity (Wildman–Crippen MR) is 141 cm³/mol. The van der Waals surface area contributed by atoms with E-state index in [2.05, 4.69) is 9.83 Å². The zero-order valence-electron chi connectivity index (χ0n) is 20.2. The summed E-state index contributed by atoms with van der Waals surface area (Å²) in [5.41, 5.74) is 3.18. The van der Waals surface area contributed by atoms with Crippen LogP contribution in [-0.4, -0.2) is 38.9 Å². The number of rotatable bonds is 14. The van der Waals surface area contributed by atoms with Crippen LogP contribution in [0, 0.1) is 12.5 Å². The molecule has 3 aromatic rings. The van der Waals surface area contributed by atoms with Gasteiger partial charge in [-0.2, -0.15) is 0 Å². The van der Waals surface area contributed by atoms with Crippen LogP contribution in [0.3, 0.4) is 0 Å². The highest BCUT2D eigenvalue weighted by Gasteiger charge is 2.25. The summed E-state index contributed by atoms with van der Waals surface area (Å²) in [7, 11) is 0. The molecule has 0 amide bonds. The smallest absolute Gasteiger partial charge is 0.221 e. The topological polar surface area (TPSA) is 85.8 Å². The number of aliphatic hydroxyl groups is 1. The molecule has 0 unspecified atom stereocenters. The predicted octanol–water partition coefficient (Wildman–Crippen LogP) is 6.14. The van der Waals surface area contributed by atoms with E-state index in [1.165, 1.54) is 6.20 Å². The first-order chi connectivity index (χ1) is 17.3. The van der Waals surface area contributed by atoms with Crippen LogP contribution in [0.5, 0.6) is 0 Å². The molecule has 1 atom stereocenters. The third kappa shape index (κ3) is 7.37. The molecule has 2 heterocycles. The Morgan fingerprint density at radius 3 is 2.75 bits per heavy atom. The van der Waals surface area contributed by atoms with Gasteiger partial charge in [-0.25, -0.2) is 9.83 Å². The van der Waals surface area contributed by atoms with Crippen molar-refractivity contribution in [1.29, 1.82) is 0 Å². The van der Waals surface area contributed by atoms with E-state index >= 15 is 0 Å². The second-order valence-corrected chi connectivity index (χ2v) is 9.66. The second kappa shape index (κ2) is 13.5. The minimum Gasteiger partial charge on any atom is -0.395 e. The highest BCUT2D eigenvalue weighted by molar-refractivity contribution is 6.63. The van der Waals surface area contributed by atoms with Gasteiger partial charge < -0.3 is 14.4 Å². The molecule has 0 aliphatic carbocycles. The molecule has 2 aromatic heterocycles. The molecule has 0 radical (unpaired) electrons. The Kier molecular flexibility index (Phi) is 10.4. The Morgan fingerprint density at radius 2 is 2.06 bits per heavy atom. The van der Waals surface area contributed by atoms with E-state index in [0.29, 0.717) is 46.9 Å². The fraction of sp³-hybridized carbons (Fsp3) is 0.407. The summed E-state index contributed by atoms with van der Waals surface area (Å²) in [5, 5.41) is 10.5. The normalized spacial score (nSPS) is 12.0. The zero-order valence-corrected chi connectivity index (χ0v) is 21.7. The quantitative estimate of drug-likeness (QED) is 0.117. The molecule has 0 aliphatic rings. The average Bonchev–Trinajstić information content (AvgIpc) is 3.13. The molecule has 0 fully saturated rings. The molecule has 7 nitrogen and oxygen atoms in total. The Labute approximate surface area is 220 Å². The maximum absolute atomic E-state index is 13.4. The van der Waals surface area contributed by atoms with Crippen molar-refractivity contribution in [3.05, 3.63) is 69.8 Å². The number of hydrogen-bond acceptors (Lipinski definition) is 5. The molecule has 0 spiro atoms. The number of hydrogen-bond donors (Lipinski definition) is 1. The largest absolute Gasteiger partial charge is 0.395 e. The number of unbranched alkanes of at least 4 members (excludes halogenated alkanes) is 1. The number of Topliss-reactive ketones (excluding diaryl/α,β-unsaturated/α-hetero) is 1.